The molecule has 0 bridgehead atoms. The highest BCUT2D eigenvalue weighted by molar-refractivity contribution is 5.67. The van der Waals surface area contributed by atoms with Crippen LogP contribution in [0.4, 0.5) is 5.69 Å². The van der Waals surface area contributed by atoms with Gasteiger partial charge in [-0.15, -0.1) is 0 Å². The number of aromatic hydroxyl groups is 1. The second-order valence-electron chi connectivity index (χ2n) is 2.40. The van der Waals surface area contributed by atoms with Gasteiger partial charge in [0.05, 0.1) is 5.69 Å². The van der Waals surface area contributed by atoms with E-state index in [1.165, 1.54) is 0 Å². The monoisotopic (exact) mass is 161 g/mol. The minimum absolute atomic E-state index is 0.246. The zero-order valence-electron chi connectivity index (χ0n) is 6.99. The van der Waals surface area contributed by atoms with Crippen LogP contribution in [0.3, 0.4) is 0 Å². The molecule has 0 aliphatic heterocycles. The van der Waals surface area contributed by atoms with E-state index >= 15 is 0 Å². The Hall–Kier alpha value is -1.57. The average Bonchev–Trinajstić information content (AvgIpc) is 2.05. The molecule has 0 heterocycles. The summed E-state index contributed by atoms with van der Waals surface area (Å²) in [6.45, 7) is 5.35. The van der Waals surface area contributed by atoms with E-state index < -0.39 is 0 Å². The number of benzene rings is 1. The summed E-state index contributed by atoms with van der Waals surface area (Å²) < 4.78 is 0. The Bertz CT molecular complexity index is 316. The number of nitrogens with zero attached hydrogens (tertiary/aromatic N) is 1. The topological polar surface area (TPSA) is 32.6 Å². The first-order chi connectivity index (χ1) is 5.77. The number of phenols is 1. The maximum absolute atomic E-state index is 9.16. The molecule has 0 saturated heterocycles. The predicted octanol–water partition coefficient (Wildman–Crippen LogP) is 2.76. The Kier molecular flexibility index (Phi) is 2.64. The third kappa shape index (κ3) is 1.72. The Morgan fingerprint density at radius 3 is 2.83 bits per heavy atom. The molecule has 62 valence electrons. The molecule has 1 N–H and O–H groups in total. The van der Waals surface area contributed by atoms with Gasteiger partial charge in [-0.05, 0) is 31.8 Å². The minimum atomic E-state index is 0.246. The highest BCUT2D eigenvalue weighted by atomic mass is 16.3. The van der Waals surface area contributed by atoms with E-state index in [2.05, 4.69) is 11.7 Å². The number of rotatable bonds is 2. The van der Waals surface area contributed by atoms with E-state index in [1.54, 1.807) is 18.2 Å². The molecule has 0 radical (unpaired) electrons. The van der Waals surface area contributed by atoms with Gasteiger partial charge in [0.25, 0.3) is 0 Å². The number of phenolic OH excluding ortho intramolecular Hbond substituents is 1. The molecule has 2 heteroatoms. The largest absolute Gasteiger partial charge is 0.508 e. The standard InChI is InChI=1S/C10H11NO/c1-3-4-8-7-9(12)5-6-10(8)11-2/h3-7,12H,2H2,1H3. The van der Waals surface area contributed by atoms with Gasteiger partial charge in [0, 0.05) is 5.56 Å². The number of hydrogen-bond acceptors (Lipinski definition) is 2. The Balaban J connectivity index is 3.20. The molecule has 1 aromatic carbocycles. The van der Waals surface area contributed by atoms with Crippen LogP contribution in [0, 0.1) is 0 Å². The van der Waals surface area contributed by atoms with Crippen LogP contribution >= 0.6 is 0 Å². The van der Waals surface area contributed by atoms with Crippen molar-refractivity contribution in [3.8, 4) is 5.75 Å². The maximum atomic E-state index is 9.16. The van der Waals surface area contributed by atoms with Crippen LogP contribution in [0.1, 0.15) is 12.5 Å². The van der Waals surface area contributed by atoms with Gasteiger partial charge in [-0.2, -0.15) is 0 Å². The quantitative estimate of drug-likeness (QED) is 0.664. The molecule has 0 spiro atoms. The summed E-state index contributed by atoms with van der Waals surface area (Å²) in [6, 6.07) is 4.98. The van der Waals surface area contributed by atoms with Gasteiger partial charge in [0.2, 0.25) is 0 Å². The highest BCUT2D eigenvalue weighted by Gasteiger charge is 1.96. The number of hydrogen-bond donors (Lipinski definition) is 1. The lowest BCUT2D eigenvalue weighted by Crippen LogP contribution is -1.73. The van der Waals surface area contributed by atoms with E-state index in [1.807, 2.05) is 19.1 Å². The Labute approximate surface area is 71.9 Å². The molecular formula is C10H11NO. The van der Waals surface area contributed by atoms with E-state index in [4.69, 9.17) is 5.11 Å². The minimum Gasteiger partial charge on any atom is -0.508 e. The van der Waals surface area contributed by atoms with Gasteiger partial charge in [-0.3, -0.25) is 4.99 Å². The van der Waals surface area contributed by atoms with Crippen molar-refractivity contribution in [2.45, 2.75) is 6.92 Å². The molecule has 12 heavy (non-hydrogen) atoms. The summed E-state index contributed by atoms with van der Waals surface area (Å²) in [5.41, 5.74) is 1.67. The SMILES string of the molecule is C=Nc1ccc(O)cc1C=CC. The summed E-state index contributed by atoms with van der Waals surface area (Å²) in [5.74, 6) is 0.246. The molecule has 0 aromatic heterocycles. The lowest BCUT2D eigenvalue weighted by Gasteiger charge is -1.99. The van der Waals surface area contributed by atoms with E-state index in [9.17, 15) is 0 Å². The summed E-state index contributed by atoms with van der Waals surface area (Å²) in [7, 11) is 0. The number of allylic oxidation sites excluding steroid dienone is 1. The van der Waals surface area contributed by atoms with Crippen molar-refractivity contribution in [1.29, 1.82) is 0 Å². The average molecular weight is 161 g/mol. The first kappa shape index (κ1) is 8.53. The van der Waals surface area contributed by atoms with Crippen molar-refractivity contribution >= 4 is 18.5 Å². The van der Waals surface area contributed by atoms with Crippen LogP contribution in [-0.4, -0.2) is 11.8 Å². The molecule has 0 fully saturated rings. The molecule has 0 atom stereocenters. The van der Waals surface area contributed by atoms with E-state index in [0.29, 0.717) is 0 Å². The Morgan fingerprint density at radius 2 is 2.25 bits per heavy atom. The Morgan fingerprint density at radius 1 is 1.50 bits per heavy atom. The first-order valence-corrected chi connectivity index (χ1v) is 3.70. The van der Waals surface area contributed by atoms with Crippen LogP contribution < -0.4 is 0 Å². The van der Waals surface area contributed by atoms with Crippen molar-refractivity contribution in [3.63, 3.8) is 0 Å². The van der Waals surface area contributed by atoms with Gasteiger partial charge in [0.15, 0.2) is 0 Å². The second kappa shape index (κ2) is 3.72. The second-order valence-corrected chi connectivity index (χ2v) is 2.40. The molecular weight excluding hydrogens is 150 g/mol. The molecule has 0 unspecified atom stereocenters. The fourth-order valence-electron chi connectivity index (χ4n) is 0.999. The molecule has 0 amide bonds. The van der Waals surface area contributed by atoms with Crippen LogP contribution in [-0.2, 0) is 0 Å². The van der Waals surface area contributed by atoms with Crippen molar-refractivity contribution in [1.82, 2.24) is 0 Å². The summed E-state index contributed by atoms with van der Waals surface area (Å²) in [6.07, 6.45) is 3.77. The van der Waals surface area contributed by atoms with Gasteiger partial charge in [0.1, 0.15) is 5.75 Å². The van der Waals surface area contributed by atoms with Gasteiger partial charge >= 0.3 is 0 Å². The summed E-state index contributed by atoms with van der Waals surface area (Å²) in [4.78, 5) is 3.82. The summed E-state index contributed by atoms with van der Waals surface area (Å²) in [5, 5.41) is 9.16. The van der Waals surface area contributed by atoms with E-state index in [0.717, 1.165) is 11.3 Å². The zero-order valence-corrected chi connectivity index (χ0v) is 6.99. The van der Waals surface area contributed by atoms with Gasteiger partial charge in [-0.25, -0.2) is 0 Å². The molecule has 1 rings (SSSR count). The van der Waals surface area contributed by atoms with Crippen LogP contribution in [0.15, 0.2) is 29.3 Å². The normalized spacial score (nSPS) is 10.4. The van der Waals surface area contributed by atoms with Crippen molar-refractivity contribution in [3.05, 3.63) is 29.8 Å². The van der Waals surface area contributed by atoms with Crippen LogP contribution in [0.25, 0.3) is 6.08 Å². The molecule has 0 aliphatic rings. The smallest absolute Gasteiger partial charge is 0.116 e. The number of aliphatic imine (C=N–C) groups is 1. The molecule has 0 saturated carbocycles. The van der Waals surface area contributed by atoms with E-state index in [-0.39, 0.29) is 5.75 Å². The fourth-order valence-corrected chi connectivity index (χ4v) is 0.999. The molecule has 1 aromatic rings. The van der Waals surface area contributed by atoms with Gasteiger partial charge < -0.3 is 5.11 Å². The third-order valence-electron chi connectivity index (χ3n) is 1.53. The lowest BCUT2D eigenvalue weighted by molar-refractivity contribution is 0.475. The maximum Gasteiger partial charge on any atom is 0.116 e. The van der Waals surface area contributed by atoms with Crippen molar-refractivity contribution in [2.75, 3.05) is 0 Å². The van der Waals surface area contributed by atoms with Crippen LogP contribution in [0.2, 0.25) is 0 Å². The van der Waals surface area contributed by atoms with Gasteiger partial charge in [-0.1, -0.05) is 12.2 Å². The molecule has 2 nitrogen and oxygen atoms in total. The predicted molar refractivity (Wildman–Crippen MR) is 52.0 cm³/mol. The first-order valence-electron chi connectivity index (χ1n) is 3.70. The molecule has 0 aliphatic carbocycles. The summed E-state index contributed by atoms with van der Waals surface area (Å²) >= 11 is 0. The van der Waals surface area contributed by atoms with Crippen molar-refractivity contribution < 1.29 is 5.11 Å². The lowest BCUT2D eigenvalue weighted by atomic mass is 10.1. The van der Waals surface area contributed by atoms with Crippen LogP contribution in [0.5, 0.6) is 5.75 Å². The fraction of sp³-hybridized carbons (Fsp3) is 0.100. The third-order valence-corrected chi connectivity index (χ3v) is 1.53. The van der Waals surface area contributed by atoms with Crippen molar-refractivity contribution in [2.24, 2.45) is 4.99 Å². The highest BCUT2D eigenvalue weighted by Crippen LogP contribution is 2.24. The zero-order chi connectivity index (χ0) is 8.97.